The van der Waals surface area contributed by atoms with Crippen molar-refractivity contribution in [3.8, 4) is 5.69 Å². The van der Waals surface area contributed by atoms with Gasteiger partial charge in [0, 0.05) is 12.1 Å². The minimum Gasteiger partial charge on any atom is -0.387 e. The summed E-state index contributed by atoms with van der Waals surface area (Å²) in [5.74, 6) is -0.621. The van der Waals surface area contributed by atoms with Crippen molar-refractivity contribution in [3.63, 3.8) is 0 Å². The van der Waals surface area contributed by atoms with Gasteiger partial charge < -0.3 is 5.11 Å². The van der Waals surface area contributed by atoms with Crippen molar-refractivity contribution < 1.29 is 14.4 Å². The quantitative estimate of drug-likeness (QED) is 0.657. The Labute approximate surface area is 101 Å². The van der Waals surface area contributed by atoms with Gasteiger partial charge in [0.05, 0.1) is 17.2 Å². The van der Waals surface area contributed by atoms with E-state index >= 15 is 0 Å². The van der Waals surface area contributed by atoms with Crippen LogP contribution < -0.4 is 0 Å². The second-order valence-corrected chi connectivity index (χ2v) is 3.65. The molecule has 1 heterocycles. The van der Waals surface area contributed by atoms with Gasteiger partial charge in [0.1, 0.15) is 17.2 Å². The lowest BCUT2D eigenvalue weighted by molar-refractivity contribution is -0.384. The zero-order valence-corrected chi connectivity index (χ0v) is 9.32. The van der Waals surface area contributed by atoms with Crippen molar-refractivity contribution in [2.24, 2.45) is 0 Å². The van der Waals surface area contributed by atoms with E-state index in [1.54, 1.807) is 0 Å². The van der Waals surface area contributed by atoms with Gasteiger partial charge in [0.25, 0.3) is 5.69 Å². The standard InChI is InChI=1S/C10H9FN4O3/c1-6(16)8-5-14(13-12-8)10-4-7(11)2-3-9(10)15(17)18/h2-6,16H,1H3. The van der Waals surface area contributed by atoms with Gasteiger partial charge in [-0.05, 0) is 13.0 Å². The second kappa shape index (κ2) is 4.49. The smallest absolute Gasteiger partial charge is 0.295 e. The second-order valence-electron chi connectivity index (χ2n) is 3.65. The largest absolute Gasteiger partial charge is 0.387 e. The van der Waals surface area contributed by atoms with Gasteiger partial charge in [-0.3, -0.25) is 10.1 Å². The maximum atomic E-state index is 13.1. The first-order chi connectivity index (χ1) is 8.49. The number of nitro groups is 1. The highest BCUT2D eigenvalue weighted by atomic mass is 19.1. The van der Waals surface area contributed by atoms with Crippen molar-refractivity contribution in [1.29, 1.82) is 0 Å². The van der Waals surface area contributed by atoms with Gasteiger partial charge in [-0.25, -0.2) is 9.07 Å². The number of aliphatic hydroxyl groups excluding tert-OH is 1. The van der Waals surface area contributed by atoms with Crippen LogP contribution in [0.25, 0.3) is 5.69 Å². The number of aromatic nitrogens is 3. The molecule has 1 atom stereocenters. The maximum Gasteiger partial charge on any atom is 0.295 e. The van der Waals surface area contributed by atoms with E-state index in [2.05, 4.69) is 10.3 Å². The number of nitrogens with zero attached hydrogens (tertiary/aromatic N) is 4. The summed E-state index contributed by atoms with van der Waals surface area (Å²) in [6.45, 7) is 1.48. The van der Waals surface area contributed by atoms with Crippen LogP contribution in [0.15, 0.2) is 24.4 Å². The van der Waals surface area contributed by atoms with Gasteiger partial charge in [0.15, 0.2) is 0 Å². The lowest BCUT2D eigenvalue weighted by Crippen LogP contribution is -2.01. The fraction of sp³-hybridized carbons (Fsp3) is 0.200. The summed E-state index contributed by atoms with van der Waals surface area (Å²) in [5, 5.41) is 27.4. The first-order valence-corrected chi connectivity index (χ1v) is 5.03. The van der Waals surface area contributed by atoms with Crippen LogP contribution in [-0.4, -0.2) is 25.0 Å². The highest BCUT2D eigenvalue weighted by molar-refractivity contribution is 5.51. The summed E-state index contributed by atoms with van der Waals surface area (Å²) in [6.07, 6.45) is 0.457. The van der Waals surface area contributed by atoms with Crippen molar-refractivity contribution in [2.45, 2.75) is 13.0 Å². The van der Waals surface area contributed by atoms with E-state index in [1.165, 1.54) is 13.1 Å². The average molecular weight is 252 g/mol. The molecule has 8 heteroatoms. The van der Waals surface area contributed by atoms with E-state index in [1.807, 2.05) is 0 Å². The van der Waals surface area contributed by atoms with Gasteiger partial charge in [-0.2, -0.15) is 0 Å². The number of hydrogen-bond donors (Lipinski definition) is 1. The summed E-state index contributed by atoms with van der Waals surface area (Å²) < 4.78 is 14.2. The molecule has 2 rings (SSSR count). The Morgan fingerprint density at radius 2 is 2.28 bits per heavy atom. The normalized spacial score (nSPS) is 12.4. The van der Waals surface area contributed by atoms with Gasteiger partial charge in [0.2, 0.25) is 0 Å². The molecule has 1 N–H and O–H groups in total. The van der Waals surface area contributed by atoms with E-state index in [9.17, 15) is 19.6 Å². The third-order valence-corrected chi connectivity index (χ3v) is 2.32. The van der Waals surface area contributed by atoms with Crippen molar-refractivity contribution in [3.05, 3.63) is 46.0 Å². The van der Waals surface area contributed by atoms with E-state index in [-0.39, 0.29) is 17.1 Å². The number of benzene rings is 1. The van der Waals surface area contributed by atoms with Crippen LogP contribution >= 0.6 is 0 Å². The zero-order valence-electron chi connectivity index (χ0n) is 9.32. The van der Waals surface area contributed by atoms with E-state index in [0.717, 1.165) is 22.9 Å². The number of hydrogen-bond acceptors (Lipinski definition) is 5. The molecule has 1 aromatic heterocycles. The lowest BCUT2D eigenvalue weighted by atomic mass is 10.2. The summed E-state index contributed by atoms with van der Waals surface area (Å²) in [4.78, 5) is 10.2. The van der Waals surface area contributed by atoms with Crippen molar-refractivity contribution in [2.75, 3.05) is 0 Å². The Hall–Kier alpha value is -2.35. The molecule has 0 fully saturated rings. The summed E-state index contributed by atoms with van der Waals surface area (Å²) in [5.41, 5.74) is -0.0913. The molecule has 0 saturated heterocycles. The van der Waals surface area contributed by atoms with Crippen molar-refractivity contribution >= 4 is 5.69 Å². The molecule has 0 spiro atoms. The molecule has 0 aliphatic rings. The van der Waals surface area contributed by atoms with Gasteiger partial charge in [-0.1, -0.05) is 5.21 Å². The third-order valence-electron chi connectivity index (χ3n) is 2.32. The highest BCUT2D eigenvalue weighted by Crippen LogP contribution is 2.23. The minimum absolute atomic E-state index is 0.0422. The molecule has 18 heavy (non-hydrogen) atoms. The Balaban J connectivity index is 2.54. The molecule has 2 aromatic rings. The van der Waals surface area contributed by atoms with E-state index in [0.29, 0.717) is 0 Å². The number of aliphatic hydroxyl groups is 1. The van der Waals surface area contributed by atoms with E-state index < -0.39 is 16.8 Å². The zero-order chi connectivity index (χ0) is 13.3. The van der Waals surface area contributed by atoms with Crippen LogP contribution in [0.2, 0.25) is 0 Å². The molecule has 1 aromatic carbocycles. The van der Waals surface area contributed by atoms with Crippen LogP contribution in [0.5, 0.6) is 0 Å². The molecule has 0 aliphatic carbocycles. The van der Waals surface area contributed by atoms with Crippen LogP contribution in [-0.2, 0) is 0 Å². The van der Waals surface area contributed by atoms with Crippen LogP contribution in [0.3, 0.4) is 0 Å². The van der Waals surface area contributed by atoms with Crippen LogP contribution in [0, 0.1) is 15.9 Å². The lowest BCUT2D eigenvalue weighted by Gasteiger charge is -2.01. The van der Waals surface area contributed by atoms with Crippen LogP contribution in [0.1, 0.15) is 18.7 Å². The third kappa shape index (κ3) is 2.18. The Morgan fingerprint density at radius 1 is 1.56 bits per heavy atom. The molecular weight excluding hydrogens is 243 g/mol. The Kier molecular flexibility index (Phi) is 3.02. The number of nitro benzene ring substituents is 1. The number of rotatable bonds is 3. The molecule has 94 valence electrons. The monoisotopic (exact) mass is 252 g/mol. The molecule has 1 unspecified atom stereocenters. The summed E-state index contributed by atoms with van der Waals surface area (Å²) in [6, 6.07) is 3.03. The molecule has 0 radical (unpaired) electrons. The summed E-state index contributed by atoms with van der Waals surface area (Å²) >= 11 is 0. The fourth-order valence-electron chi connectivity index (χ4n) is 1.42. The number of halogens is 1. The fourth-order valence-corrected chi connectivity index (χ4v) is 1.42. The average Bonchev–Trinajstić information content (AvgIpc) is 2.77. The van der Waals surface area contributed by atoms with Gasteiger partial charge in [-0.15, -0.1) is 5.10 Å². The molecule has 0 aliphatic heterocycles. The van der Waals surface area contributed by atoms with Crippen molar-refractivity contribution in [1.82, 2.24) is 15.0 Å². The molecule has 0 amide bonds. The predicted molar refractivity (Wildman–Crippen MR) is 58.6 cm³/mol. The molecular formula is C10H9FN4O3. The highest BCUT2D eigenvalue weighted by Gasteiger charge is 2.18. The van der Waals surface area contributed by atoms with E-state index in [4.69, 9.17) is 0 Å². The first-order valence-electron chi connectivity index (χ1n) is 5.03. The first kappa shape index (κ1) is 12.1. The Bertz CT molecular complexity index is 597. The molecule has 7 nitrogen and oxygen atoms in total. The topological polar surface area (TPSA) is 94.1 Å². The van der Waals surface area contributed by atoms with Gasteiger partial charge >= 0.3 is 0 Å². The maximum absolute atomic E-state index is 13.1. The Morgan fingerprint density at radius 3 is 2.83 bits per heavy atom. The summed E-state index contributed by atoms with van der Waals surface area (Å²) in [7, 11) is 0. The van der Waals surface area contributed by atoms with Crippen LogP contribution in [0.4, 0.5) is 10.1 Å². The molecule has 0 saturated carbocycles. The minimum atomic E-state index is -0.855. The predicted octanol–water partition coefficient (Wildman–Crippen LogP) is 1.37. The SMILES string of the molecule is CC(O)c1cn(-c2cc(F)ccc2[N+](=O)[O-])nn1. The molecule has 0 bridgehead atoms.